The molecular formula is C18H28N6O2. The molecule has 1 atom stereocenters. The van der Waals surface area contributed by atoms with Gasteiger partial charge in [-0.2, -0.15) is 0 Å². The minimum absolute atomic E-state index is 0.0697. The Balaban J connectivity index is 1.35. The normalized spacial score (nSPS) is 21.7. The third-order valence-corrected chi connectivity index (χ3v) is 5.19. The second kappa shape index (κ2) is 8.93. The van der Waals surface area contributed by atoms with Crippen molar-refractivity contribution < 1.29 is 9.59 Å². The molecule has 0 aromatic carbocycles. The Bertz CT molecular complexity index is 603. The third-order valence-electron chi connectivity index (χ3n) is 5.19. The number of hydrogen-bond donors (Lipinski definition) is 1. The van der Waals surface area contributed by atoms with E-state index in [1.165, 1.54) is 0 Å². The predicted octanol–water partition coefficient (Wildman–Crippen LogP) is -0.0267. The van der Waals surface area contributed by atoms with E-state index in [1.54, 1.807) is 17.3 Å². The molecule has 3 heterocycles. The standard InChI is InChI=1S/C18H28N6O2/c1-2-23-14-15(4-5-16(23)25)17(26)19-8-9-22-10-12-24(13-11-22)18-20-6-3-7-21-18/h3,6-7,15H,2,4-5,8-14H2,1H3,(H,19,26)/t15-/m0/s1. The van der Waals surface area contributed by atoms with Crippen molar-refractivity contribution >= 4 is 17.8 Å². The van der Waals surface area contributed by atoms with Crippen LogP contribution in [0, 0.1) is 5.92 Å². The van der Waals surface area contributed by atoms with Crippen LogP contribution in [0.15, 0.2) is 18.5 Å². The second-order valence-corrected chi connectivity index (χ2v) is 6.84. The van der Waals surface area contributed by atoms with Crippen LogP contribution in [0.2, 0.25) is 0 Å². The summed E-state index contributed by atoms with van der Waals surface area (Å²) in [6.45, 7) is 8.36. The van der Waals surface area contributed by atoms with Gasteiger partial charge in [0.15, 0.2) is 0 Å². The Morgan fingerprint density at radius 2 is 1.96 bits per heavy atom. The zero-order valence-corrected chi connectivity index (χ0v) is 15.4. The van der Waals surface area contributed by atoms with E-state index in [0.717, 1.165) is 38.7 Å². The highest BCUT2D eigenvalue weighted by Gasteiger charge is 2.29. The molecule has 1 aromatic heterocycles. The summed E-state index contributed by atoms with van der Waals surface area (Å²) in [6.07, 6.45) is 4.68. The van der Waals surface area contributed by atoms with Gasteiger partial charge >= 0.3 is 0 Å². The van der Waals surface area contributed by atoms with Gasteiger partial charge in [-0.15, -0.1) is 0 Å². The highest BCUT2D eigenvalue weighted by molar-refractivity contribution is 5.83. The van der Waals surface area contributed by atoms with E-state index in [4.69, 9.17) is 0 Å². The molecular weight excluding hydrogens is 332 g/mol. The number of piperazine rings is 1. The van der Waals surface area contributed by atoms with Gasteiger partial charge in [0, 0.05) is 71.2 Å². The molecule has 0 saturated carbocycles. The summed E-state index contributed by atoms with van der Waals surface area (Å²) in [7, 11) is 0. The zero-order valence-electron chi connectivity index (χ0n) is 15.4. The Hall–Kier alpha value is -2.22. The van der Waals surface area contributed by atoms with Crippen LogP contribution in [0.3, 0.4) is 0 Å². The number of piperidine rings is 1. The van der Waals surface area contributed by atoms with Gasteiger partial charge in [0.25, 0.3) is 0 Å². The van der Waals surface area contributed by atoms with Gasteiger partial charge in [0.1, 0.15) is 0 Å². The van der Waals surface area contributed by atoms with Crippen molar-refractivity contribution in [2.24, 2.45) is 5.92 Å². The van der Waals surface area contributed by atoms with E-state index in [9.17, 15) is 9.59 Å². The molecule has 0 bridgehead atoms. The lowest BCUT2D eigenvalue weighted by Gasteiger charge is -2.35. The van der Waals surface area contributed by atoms with Gasteiger partial charge in [0.05, 0.1) is 5.92 Å². The summed E-state index contributed by atoms with van der Waals surface area (Å²) in [4.78, 5) is 39.0. The Labute approximate surface area is 154 Å². The Morgan fingerprint density at radius 3 is 2.65 bits per heavy atom. The van der Waals surface area contributed by atoms with Crippen molar-refractivity contribution in [3.8, 4) is 0 Å². The van der Waals surface area contributed by atoms with Gasteiger partial charge < -0.3 is 15.1 Å². The van der Waals surface area contributed by atoms with Crippen molar-refractivity contribution in [2.75, 3.05) is 57.3 Å². The highest BCUT2D eigenvalue weighted by atomic mass is 16.2. The van der Waals surface area contributed by atoms with Crippen LogP contribution in [0.5, 0.6) is 0 Å². The largest absolute Gasteiger partial charge is 0.355 e. The quantitative estimate of drug-likeness (QED) is 0.767. The van der Waals surface area contributed by atoms with E-state index in [2.05, 4.69) is 25.1 Å². The Morgan fingerprint density at radius 1 is 1.23 bits per heavy atom. The fraction of sp³-hybridized carbons (Fsp3) is 0.667. The molecule has 0 radical (unpaired) electrons. The molecule has 8 heteroatoms. The van der Waals surface area contributed by atoms with Gasteiger partial charge in [0.2, 0.25) is 17.8 Å². The van der Waals surface area contributed by atoms with E-state index < -0.39 is 0 Å². The van der Waals surface area contributed by atoms with Gasteiger partial charge in [-0.1, -0.05) is 0 Å². The minimum Gasteiger partial charge on any atom is -0.355 e. The molecule has 2 aliphatic heterocycles. The number of rotatable bonds is 6. The van der Waals surface area contributed by atoms with Crippen molar-refractivity contribution in [2.45, 2.75) is 19.8 Å². The summed E-state index contributed by atoms with van der Waals surface area (Å²) in [5.41, 5.74) is 0. The Kier molecular flexibility index (Phi) is 6.38. The van der Waals surface area contributed by atoms with Crippen molar-refractivity contribution in [1.82, 2.24) is 25.1 Å². The maximum absolute atomic E-state index is 12.4. The van der Waals surface area contributed by atoms with Crippen LogP contribution in [0.25, 0.3) is 0 Å². The number of carbonyl (C=O) groups is 2. The average molecular weight is 360 g/mol. The monoisotopic (exact) mass is 360 g/mol. The average Bonchev–Trinajstić information content (AvgIpc) is 2.69. The highest BCUT2D eigenvalue weighted by Crippen LogP contribution is 2.17. The third kappa shape index (κ3) is 4.69. The first-order valence-corrected chi connectivity index (χ1v) is 9.47. The number of anilines is 1. The fourth-order valence-electron chi connectivity index (χ4n) is 3.54. The number of nitrogens with one attached hydrogen (secondary N) is 1. The van der Waals surface area contributed by atoms with E-state index in [1.807, 2.05) is 13.0 Å². The molecule has 2 amide bonds. The summed E-state index contributed by atoms with van der Waals surface area (Å²) in [5, 5.41) is 3.05. The maximum atomic E-state index is 12.4. The van der Waals surface area contributed by atoms with E-state index in [-0.39, 0.29) is 17.7 Å². The van der Waals surface area contributed by atoms with E-state index in [0.29, 0.717) is 32.5 Å². The van der Waals surface area contributed by atoms with E-state index >= 15 is 0 Å². The smallest absolute Gasteiger partial charge is 0.225 e. The minimum atomic E-state index is -0.0697. The van der Waals surface area contributed by atoms with Crippen molar-refractivity contribution in [3.05, 3.63) is 18.5 Å². The zero-order chi connectivity index (χ0) is 18.4. The second-order valence-electron chi connectivity index (χ2n) is 6.84. The molecule has 26 heavy (non-hydrogen) atoms. The SMILES string of the molecule is CCN1C[C@@H](C(=O)NCCN2CCN(c3ncccn3)CC2)CCC1=O. The molecule has 1 aromatic rings. The summed E-state index contributed by atoms with van der Waals surface area (Å²) in [6, 6.07) is 1.82. The molecule has 1 N–H and O–H groups in total. The number of nitrogens with zero attached hydrogens (tertiary/aromatic N) is 5. The lowest BCUT2D eigenvalue weighted by Crippen LogP contribution is -2.50. The van der Waals surface area contributed by atoms with Gasteiger partial charge in [-0.3, -0.25) is 14.5 Å². The fourth-order valence-corrected chi connectivity index (χ4v) is 3.54. The van der Waals surface area contributed by atoms with Crippen LogP contribution in [-0.4, -0.2) is 83.9 Å². The van der Waals surface area contributed by atoms with Crippen molar-refractivity contribution in [3.63, 3.8) is 0 Å². The molecule has 0 unspecified atom stereocenters. The van der Waals surface area contributed by atoms with Crippen LogP contribution >= 0.6 is 0 Å². The molecule has 2 saturated heterocycles. The first kappa shape index (κ1) is 18.6. The summed E-state index contributed by atoms with van der Waals surface area (Å²) < 4.78 is 0. The number of aromatic nitrogens is 2. The van der Waals surface area contributed by atoms with Gasteiger partial charge in [-0.25, -0.2) is 9.97 Å². The molecule has 2 fully saturated rings. The van der Waals surface area contributed by atoms with Crippen molar-refractivity contribution in [1.29, 1.82) is 0 Å². The molecule has 2 aliphatic rings. The molecule has 0 aliphatic carbocycles. The maximum Gasteiger partial charge on any atom is 0.225 e. The van der Waals surface area contributed by atoms with Crippen LogP contribution < -0.4 is 10.2 Å². The van der Waals surface area contributed by atoms with Crippen LogP contribution in [0.4, 0.5) is 5.95 Å². The van der Waals surface area contributed by atoms with Crippen LogP contribution in [-0.2, 0) is 9.59 Å². The number of hydrogen-bond acceptors (Lipinski definition) is 6. The molecule has 142 valence electrons. The molecule has 0 spiro atoms. The van der Waals surface area contributed by atoms with Crippen LogP contribution in [0.1, 0.15) is 19.8 Å². The summed E-state index contributed by atoms with van der Waals surface area (Å²) in [5.74, 6) is 0.955. The first-order valence-electron chi connectivity index (χ1n) is 9.47. The number of carbonyl (C=O) groups excluding carboxylic acids is 2. The molecule has 8 nitrogen and oxygen atoms in total. The number of likely N-dealkylation sites (tertiary alicyclic amines) is 1. The number of amides is 2. The molecule has 3 rings (SSSR count). The predicted molar refractivity (Wildman–Crippen MR) is 98.7 cm³/mol. The lowest BCUT2D eigenvalue weighted by molar-refractivity contribution is -0.138. The topological polar surface area (TPSA) is 81.7 Å². The summed E-state index contributed by atoms with van der Waals surface area (Å²) >= 11 is 0. The first-order chi connectivity index (χ1) is 12.7. The lowest BCUT2D eigenvalue weighted by atomic mass is 9.96. The van der Waals surface area contributed by atoms with Gasteiger partial charge in [-0.05, 0) is 19.4 Å².